The molecule has 1 atom stereocenters. The number of amides is 1. The summed E-state index contributed by atoms with van der Waals surface area (Å²) in [4.78, 5) is 25.1. The Labute approximate surface area is 128 Å². The number of carbonyl (C=O) groups is 2. The summed E-state index contributed by atoms with van der Waals surface area (Å²) < 4.78 is 1.58. The zero-order valence-corrected chi connectivity index (χ0v) is 13.2. The Morgan fingerprint density at radius 3 is 2.52 bits per heavy atom. The summed E-state index contributed by atoms with van der Waals surface area (Å²) >= 11 is 6.08. The number of aryl methyl sites for hydroxylation is 1. The maximum Gasteiger partial charge on any atom is 0.308 e. The molecule has 1 heterocycles. The topological polar surface area (TPSA) is 75.4 Å². The van der Waals surface area contributed by atoms with Crippen LogP contribution in [0.25, 0.3) is 0 Å². The van der Waals surface area contributed by atoms with Crippen molar-refractivity contribution in [2.24, 2.45) is 5.92 Å². The predicted molar refractivity (Wildman–Crippen MR) is 78.2 cm³/mol. The maximum atomic E-state index is 12.5. The number of carboxylic acids is 1. The van der Waals surface area contributed by atoms with Crippen molar-refractivity contribution < 1.29 is 14.7 Å². The first-order chi connectivity index (χ1) is 9.81. The summed E-state index contributed by atoms with van der Waals surface area (Å²) in [6, 6.07) is 0.173. The first-order valence-electron chi connectivity index (χ1n) is 7.03. The van der Waals surface area contributed by atoms with Gasteiger partial charge in [0.2, 0.25) is 5.91 Å². The van der Waals surface area contributed by atoms with E-state index in [4.69, 9.17) is 16.7 Å². The van der Waals surface area contributed by atoms with Gasteiger partial charge >= 0.3 is 5.97 Å². The van der Waals surface area contributed by atoms with Crippen LogP contribution in [-0.4, -0.2) is 44.3 Å². The average Bonchev–Trinajstić information content (AvgIpc) is 3.22. The second-order valence-electron chi connectivity index (χ2n) is 5.66. The molecule has 0 saturated heterocycles. The van der Waals surface area contributed by atoms with Crippen molar-refractivity contribution in [3.05, 3.63) is 16.4 Å². The van der Waals surface area contributed by atoms with Gasteiger partial charge in [0.05, 0.1) is 22.3 Å². The van der Waals surface area contributed by atoms with Crippen molar-refractivity contribution in [3.8, 4) is 0 Å². The van der Waals surface area contributed by atoms with E-state index in [2.05, 4.69) is 5.10 Å². The Balaban J connectivity index is 2.08. The fourth-order valence-corrected chi connectivity index (χ4v) is 2.40. The van der Waals surface area contributed by atoms with Crippen LogP contribution in [0, 0.1) is 19.8 Å². The molecule has 0 radical (unpaired) electrons. The smallest absolute Gasteiger partial charge is 0.308 e. The molecule has 0 bridgehead atoms. The van der Waals surface area contributed by atoms with E-state index in [0.29, 0.717) is 10.7 Å². The minimum Gasteiger partial charge on any atom is -0.481 e. The van der Waals surface area contributed by atoms with Gasteiger partial charge in [0.15, 0.2) is 0 Å². The third kappa shape index (κ3) is 3.56. The van der Waals surface area contributed by atoms with E-state index in [1.54, 1.807) is 23.4 Å². The second-order valence-corrected chi connectivity index (χ2v) is 6.04. The van der Waals surface area contributed by atoms with Crippen LogP contribution in [0.1, 0.15) is 31.2 Å². The lowest BCUT2D eigenvalue weighted by atomic mass is 10.1. The Bertz CT molecular complexity index is 566. The molecule has 6 nitrogen and oxygen atoms in total. The number of halogens is 1. The number of aromatic nitrogens is 2. The van der Waals surface area contributed by atoms with Gasteiger partial charge in [0, 0.05) is 12.6 Å². The van der Waals surface area contributed by atoms with Crippen LogP contribution < -0.4 is 0 Å². The minimum atomic E-state index is -0.886. The first kappa shape index (κ1) is 15.8. The van der Waals surface area contributed by atoms with Crippen LogP contribution in [-0.2, 0) is 16.1 Å². The lowest BCUT2D eigenvalue weighted by molar-refractivity contribution is -0.143. The lowest BCUT2D eigenvalue weighted by Crippen LogP contribution is -2.40. The molecule has 1 aliphatic carbocycles. The van der Waals surface area contributed by atoms with Crippen LogP contribution in [0.15, 0.2) is 0 Å². The van der Waals surface area contributed by atoms with Crippen LogP contribution in [0.3, 0.4) is 0 Å². The van der Waals surface area contributed by atoms with E-state index in [9.17, 15) is 9.59 Å². The first-order valence-corrected chi connectivity index (χ1v) is 7.40. The molecule has 1 saturated carbocycles. The third-order valence-corrected chi connectivity index (χ3v) is 4.33. The molecule has 0 spiro atoms. The zero-order valence-electron chi connectivity index (χ0n) is 12.5. The average molecular weight is 314 g/mol. The largest absolute Gasteiger partial charge is 0.481 e. The quantitative estimate of drug-likeness (QED) is 0.870. The number of carboxylic acid groups (broad SMARTS) is 1. The van der Waals surface area contributed by atoms with Crippen LogP contribution in [0.2, 0.25) is 5.02 Å². The number of hydrogen-bond acceptors (Lipinski definition) is 3. The molecule has 116 valence electrons. The fourth-order valence-electron chi connectivity index (χ4n) is 2.26. The van der Waals surface area contributed by atoms with Gasteiger partial charge in [-0.3, -0.25) is 14.3 Å². The number of carbonyl (C=O) groups excluding carboxylic acids is 1. The maximum absolute atomic E-state index is 12.5. The number of hydrogen-bond donors (Lipinski definition) is 1. The van der Waals surface area contributed by atoms with E-state index in [0.717, 1.165) is 18.5 Å². The van der Waals surface area contributed by atoms with Gasteiger partial charge in [-0.15, -0.1) is 0 Å². The third-order valence-electron chi connectivity index (χ3n) is 3.78. The van der Waals surface area contributed by atoms with E-state index in [1.165, 1.54) is 0 Å². The van der Waals surface area contributed by atoms with Crippen LogP contribution in [0.4, 0.5) is 0 Å². The van der Waals surface area contributed by atoms with Gasteiger partial charge in [-0.25, -0.2) is 0 Å². The highest BCUT2D eigenvalue weighted by molar-refractivity contribution is 6.31. The number of nitrogens with zero attached hydrogens (tertiary/aromatic N) is 3. The van der Waals surface area contributed by atoms with Gasteiger partial charge in [-0.2, -0.15) is 5.10 Å². The second kappa shape index (κ2) is 6.05. The van der Waals surface area contributed by atoms with Crippen LogP contribution in [0.5, 0.6) is 0 Å². The van der Waals surface area contributed by atoms with Gasteiger partial charge in [0.1, 0.15) is 6.54 Å². The van der Waals surface area contributed by atoms with Crippen LogP contribution >= 0.6 is 11.6 Å². The van der Waals surface area contributed by atoms with E-state index in [1.807, 2.05) is 6.92 Å². The lowest BCUT2D eigenvalue weighted by Gasteiger charge is -2.24. The number of aliphatic carboxylic acids is 1. The molecule has 21 heavy (non-hydrogen) atoms. The van der Waals surface area contributed by atoms with Crippen molar-refractivity contribution in [1.29, 1.82) is 0 Å². The highest BCUT2D eigenvalue weighted by atomic mass is 35.5. The molecule has 0 aliphatic heterocycles. The monoisotopic (exact) mass is 313 g/mol. The fraction of sp³-hybridized carbons (Fsp3) is 0.643. The van der Waals surface area contributed by atoms with Gasteiger partial charge in [0.25, 0.3) is 0 Å². The van der Waals surface area contributed by atoms with E-state index in [-0.39, 0.29) is 25.0 Å². The molecule has 2 rings (SSSR count). The van der Waals surface area contributed by atoms with Gasteiger partial charge in [-0.05, 0) is 26.7 Å². The summed E-state index contributed by atoms with van der Waals surface area (Å²) in [5, 5.41) is 13.8. The highest BCUT2D eigenvalue weighted by Gasteiger charge is 2.34. The Hall–Kier alpha value is -1.56. The predicted octanol–water partition coefficient (Wildman–Crippen LogP) is 1.87. The molecular weight excluding hydrogens is 294 g/mol. The molecule has 1 aromatic rings. The molecule has 7 heteroatoms. The van der Waals surface area contributed by atoms with E-state index < -0.39 is 11.9 Å². The van der Waals surface area contributed by atoms with Crippen molar-refractivity contribution in [2.75, 3.05) is 6.54 Å². The summed E-state index contributed by atoms with van der Waals surface area (Å²) in [5.74, 6) is -1.56. The molecule has 1 aliphatic rings. The summed E-state index contributed by atoms with van der Waals surface area (Å²) in [7, 11) is 0. The molecule has 0 aromatic carbocycles. The molecule has 1 N–H and O–H groups in total. The molecular formula is C14H20ClN3O3. The summed E-state index contributed by atoms with van der Waals surface area (Å²) in [5.41, 5.74) is 1.45. The highest BCUT2D eigenvalue weighted by Crippen LogP contribution is 2.28. The van der Waals surface area contributed by atoms with Gasteiger partial charge in [-0.1, -0.05) is 18.5 Å². The normalized spacial score (nSPS) is 15.8. The van der Waals surface area contributed by atoms with Crippen molar-refractivity contribution in [3.63, 3.8) is 0 Å². The standard InChI is InChI=1S/C14H20ClN3O3/c1-8(14(20)21)6-17(11-4-5-11)12(19)7-18-10(3)13(15)9(2)16-18/h8,11H,4-7H2,1-3H3,(H,20,21). The van der Waals surface area contributed by atoms with Crippen molar-refractivity contribution in [2.45, 2.75) is 46.2 Å². The zero-order chi connectivity index (χ0) is 15.7. The summed E-state index contributed by atoms with van der Waals surface area (Å²) in [6.45, 7) is 5.57. The molecule has 1 aromatic heterocycles. The minimum absolute atomic E-state index is 0.0994. The Morgan fingerprint density at radius 2 is 2.10 bits per heavy atom. The van der Waals surface area contributed by atoms with E-state index >= 15 is 0 Å². The summed E-state index contributed by atoms with van der Waals surface area (Å²) in [6.07, 6.45) is 1.88. The molecule has 1 amide bonds. The number of rotatable bonds is 6. The SMILES string of the molecule is Cc1nn(CC(=O)N(CC(C)C(=O)O)C2CC2)c(C)c1Cl. The molecule has 1 unspecified atom stereocenters. The van der Waals surface area contributed by atoms with Crippen molar-refractivity contribution >= 4 is 23.5 Å². The Morgan fingerprint density at radius 1 is 1.48 bits per heavy atom. The molecule has 1 fully saturated rings. The Kier molecular flexibility index (Phi) is 4.56. The van der Waals surface area contributed by atoms with Gasteiger partial charge < -0.3 is 10.0 Å². The van der Waals surface area contributed by atoms with Crippen molar-refractivity contribution in [1.82, 2.24) is 14.7 Å².